The lowest BCUT2D eigenvalue weighted by atomic mass is 10.1. The molecule has 0 bridgehead atoms. The number of hydrogen-bond acceptors (Lipinski definition) is 3. The summed E-state index contributed by atoms with van der Waals surface area (Å²) in [6, 6.07) is 19.5. The second-order valence-electron chi connectivity index (χ2n) is 4.43. The lowest BCUT2D eigenvalue weighted by Gasteiger charge is -2.09. The quantitative estimate of drug-likeness (QED) is 0.832. The molecule has 0 aliphatic rings. The first-order valence-corrected chi connectivity index (χ1v) is 7.70. The van der Waals surface area contributed by atoms with Crippen LogP contribution in [-0.2, 0) is 6.42 Å². The van der Waals surface area contributed by atoms with Crippen LogP contribution < -0.4 is 5.32 Å². The molecule has 0 spiro atoms. The molecule has 3 nitrogen and oxygen atoms in total. The third-order valence-electron chi connectivity index (χ3n) is 2.97. The highest BCUT2D eigenvalue weighted by Gasteiger charge is 2.10. The Kier molecular flexibility index (Phi) is 5.86. The van der Waals surface area contributed by atoms with Gasteiger partial charge in [0, 0.05) is 11.4 Å². The number of carbonyl (C=O) groups is 1. The standard InChI is InChI=1S/C17H16N2OS/c18-11-13-21-16-9-5-4-8-15(16)17(20)19-12-10-14-6-2-1-3-7-14/h1-9H,10,12-13H2,(H,19,20). The Balaban J connectivity index is 1.93. The molecule has 0 heterocycles. The number of hydrogen-bond donors (Lipinski definition) is 1. The maximum absolute atomic E-state index is 12.2. The SMILES string of the molecule is N#CCSc1ccccc1C(=O)NCCc1ccccc1. The molecule has 4 heteroatoms. The predicted octanol–water partition coefficient (Wildman–Crippen LogP) is 3.27. The molecule has 1 N–H and O–H groups in total. The van der Waals surface area contributed by atoms with Crippen molar-refractivity contribution < 1.29 is 4.79 Å². The Morgan fingerprint density at radius 3 is 2.57 bits per heavy atom. The molecule has 106 valence electrons. The van der Waals surface area contributed by atoms with Crippen molar-refractivity contribution in [2.45, 2.75) is 11.3 Å². The minimum absolute atomic E-state index is 0.0908. The lowest BCUT2D eigenvalue weighted by Crippen LogP contribution is -2.26. The molecule has 2 aromatic carbocycles. The van der Waals surface area contributed by atoms with E-state index in [1.54, 1.807) is 6.07 Å². The molecule has 0 fully saturated rings. The fraction of sp³-hybridized carbons (Fsp3) is 0.176. The summed E-state index contributed by atoms with van der Waals surface area (Å²) in [5.74, 6) is 0.251. The minimum Gasteiger partial charge on any atom is -0.352 e. The fourth-order valence-electron chi connectivity index (χ4n) is 1.95. The van der Waals surface area contributed by atoms with Gasteiger partial charge in [-0.05, 0) is 24.1 Å². The average Bonchev–Trinajstić information content (AvgIpc) is 2.54. The second kappa shape index (κ2) is 8.13. The molecular weight excluding hydrogens is 280 g/mol. The number of carbonyl (C=O) groups excluding carboxylic acids is 1. The Hall–Kier alpha value is -2.25. The van der Waals surface area contributed by atoms with Crippen molar-refractivity contribution in [3.05, 3.63) is 65.7 Å². The molecule has 2 aromatic rings. The van der Waals surface area contributed by atoms with E-state index in [9.17, 15) is 4.79 Å². The van der Waals surface area contributed by atoms with Gasteiger partial charge in [0.15, 0.2) is 0 Å². The first-order valence-electron chi connectivity index (χ1n) is 6.72. The monoisotopic (exact) mass is 296 g/mol. The van der Waals surface area contributed by atoms with Crippen LogP contribution in [0, 0.1) is 11.3 Å². The zero-order chi connectivity index (χ0) is 14.9. The van der Waals surface area contributed by atoms with Gasteiger partial charge in [-0.25, -0.2) is 0 Å². The van der Waals surface area contributed by atoms with Gasteiger partial charge in [-0.3, -0.25) is 4.79 Å². The van der Waals surface area contributed by atoms with E-state index in [0.717, 1.165) is 11.3 Å². The molecule has 2 rings (SSSR count). The van der Waals surface area contributed by atoms with Crippen molar-refractivity contribution in [3.63, 3.8) is 0 Å². The van der Waals surface area contributed by atoms with Gasteiger partial charge >= 0.3 is 0 Å². The van der Waals surface area contributed by atoms with Crippen LogP contribution in [0.4, 0.5) is 0 Å². The van der Waals surface area contributed by atoms with Gasteiger partial charge in [0.05, 0.1) is 17.4 Å². The largest absolute Gasteiger partial charge is 0.352 e. The van der Waals surface area contributed by atoms with E-state index in [2.05, 4.69) is 11.4 Å². The molecule has 0 saturated heterocycles. The number of nitrogens with one attached hydrogen (secondary N) is 1. The molecule has 0 atom stereocenters. The van der Waals surface area contributed by atoms with Crippen molar-refractivity contribution in [2.75, 3.05) is 12.3 Å². The van der Waals surface area contributed by atoms with Crippen LogP contribution in [-0.4, -0.2) is 18.2 Å². The number of nitrogens with zero attached hydrogens (tertiary/aromatic N) is 1. The van der Waals surface area contributed by atoms with E-state index >= 15 is 0 Å². The number of nitriles is 1. The molecule has 0 radical (unpaired) electrons. The van der Waals surface area contributed by atoms with Crippen LogP contribution in [0.5, 0.6) is 0 Å². The third kappa shape index (κ3) is 4.66. The zero-order valence-corrected chi connectivity index (χ0v) is 12.4. The van der Waals surface area contributed by atoms with Gasteiger partial charge < -0.3 is 5.32 Å². The summed E-state index contributed by atoms with van der Waals surface area (Å²) in [6.07, 6.45) is 0.806. The van der Waals surface area contributed by atoms with Crippen molar-refractivity contribution in [3.8, 4) is 6.07 Å². The molecule has 0 aliphatic carbocycles. The van der Waals surface area contributed by atoms with Gasteiger partial charge in [-0.2, -0.15) is 5.26 Å². The van der Waals surface area contributed by atoms with E-state index in [0.29, 0.717) is 17.9 Å². The third-order valence-corrected chi connectivity index (χ3v) is 3.91. The topological polar surface area (TPSA) is 52.9 Å². The molecule has 1 amide bonds. The van der Waals surface area contributed by atoms with Gasteiger partial charge in [0.1, 0.15) is 0 Å². The summed E-state index contributed by atoms with van der Waals surface area (Å²) in [4.78, 5) is 13.1. The van der Waals surface area contributed by atoms with Crippen LogP contribution in [0.1, 0.15) is 15.9 Å². The maximum atomic E-state index is 12.2. The van der Waals surface area contributed by atoms with Crippen molar-refractivity contribution in [2.24, 2.45) is 0 Å². The highest BCUT2D eigenvalue weighted by atomic mass is 32.2. The number of benzene rings is 2. The first kappa shape index (κ1) is 15.1. The molecule has 0 aromatic heterocycles. The number of amides is 1. The molecule has 0 unspecified atom stereocenters. The molecule has 21 heavy (non-hydrogen) atoms. The van der Waals surface area contributed by atoms with Crippen LogP contribution in [0.15, 0.2) is 59.5 Å². The minimum atomic E-state index is -0.0908. The first-order chi connectivity index (χ1) is 10.3. The van der Waals surface area contributed by atoms with Gasteiger partial charge in [-0.1, -0.05) is 42.5 Å². The van der Waals surface area contributed by atoms with E-state index < -0.39 is 0 Å². The van der Waals surface area contributed by atoms with E-state index in [4.69, 9.17) is 5.26 Å². The molecule has 0 saturated carbocycles. The maximum Gasteiger partial charge on any atom is 0.252 e. The number of rotatable bonds is 6. The molecule has 0 aliphatic heterocycles. The normalized spacial score (nSPS) is 9.86. The van der Waals surface area contributed by atoms with E-state index in [1.165, 1.54) is 17.3 Å². The Morgan fingerprint density at radius 2 is 1.81 bits per heavy atom. The van der Waals surface area contributed by atoms with Crippen LogP contribution in [0.2, 0.25) is 0 Å². The van der Waals surface area contributed by atoms with Crippen molar-refractivity contribution >= 4 is 17.7 Å². The summed E-state index contributed by atoms with van der Waals surface area (Å²) in [5.41, 5.74) is 1.83. The summed E-state index contributed by atoms with van der Waals surface area (Å²) < 4.78 is 0. The smallest absolute Gasteiger partial charge is 0.252 e. The Morgan fingerprint density at radius 1 is 1.10 bits per heavy atom. The summed E-state index contributed by atoms with van der Waals surface area (Å²) in [6.45, 7) is 0.597. The Labute approximate surface area is 129 Å². The highest BCUT2D eigenvalue weighted by Crippen LogP contribution is 2.22. The Bertz CT molecular complexity index is 635. The van der Waals surface area contributed by atoms with Gasteiger partial charge in [-0.15, -0.1) is 11.8 Å². The highest BCUT2D eigenvalue weighted by molar-refractivity contribution is 7.99. The summed E-state index contributed by atoms with van der Waals surface area (Å²) in [7, 11) is 0. The van der Waals surface area contributed by atoms with Gasteiger partial charge in [0.25, 0.3) is 5.91 Å². The van der Waals surface area contributed by atoms with Crippen molar-refractivity contribution in [1.29, 1.82) is 5.26 Å². The average molecular weight is 296 g/mol. The summed E-state index contributed by atoms with van der Waals surface area (Å²) in [5, 5.41) is 11.6. The second-order valence-corrected chi connectivity index (χ2v) is 5.45. The molecular formula is C17H16N2OS. The lowest BCUT2D eigenvalue weighted by molar-refractivity contribution is 0.0951. The van der Waals surface area contributed by atoms with E-state index in [-0.39, 0.29) is 5.91 Å². The number of thioether (sulfide) groups is 1. The van der Waals surface area contributed by atoms with Gasteiger partial charge in [0.2, 0.25) is 0 Å². The fourth-order valence-corrected chi connectivity index (χ4v) is 2.66. The van der Waals surface area contributed by atoms with Crippen LogP contribution in [0.25, 0.3) is 0 Å². The van der Waals surface area contributed by atoms with Crippen molar-refractivity contribution in [1.82, 2.24) is 5.32 Å². The predicted molar refractivity (Wildman–Crippen MR) is 85.3 cm³/mol. The van der Waals surface area contributed by atoms with Crippen LogP contribution >= 0.6 is 11.8 Å². The zero-order valence-electron chi connectivity index (χ0n) is 11.6. The van der Waals surface area contributed by atoms with Crippen LogP contribution in [0.3, 0.4) is 0 Å². The van der Waals surface area contributed by atoms with E-state index in [1.807, 2.05) is 48.5 Å². The summed E-state index contributed by atoms with van der Waals surface area (Å²) >= 11 is 1.38.